The smallest absolute Gasteiger partial charge is 0.254 e. The zero-order chi connectivity index (χ0) is 20.0. The lowest BCUT2D eigenvalue weighted by atomic mass is 9.96. The number of fused-ring (bicyclic) bond motifs is 2. The van der Waals surface area contributed by atoms with Crippen LogP contribution in [0.4, 0.5) is 11.5 Å². The second-order valence-corrected chi connectivity index (χ2v) is 8.10. The van der Waals surface area contributed by atoms with Crippen molar-refractivity contribution in [2.45, 2.75) is 39.5 Å². The van der Waals surface area contributed by atoms with E-state index in [-0.39, 0.29) is 0 Å². The predicted octanol–water partition coefficient (Wildman–Crippen LogP) is 5.68. The summed E-state index contributed by atoms with van der Waals surface area (Å²) >= 11 is 6.35. The summed E-state index contributed by atoms with van der Waals surface area (Å²) in [5.74, 6) is 2.25. The molecule has 29 heavy (non-hydrogen) atoms. The molecular weight excluding hydrogens is 382 g/mol. The van der Waals surface area contributed by atoms with Crippen LogP contribution in [-0.4, -0.2) is 19.6 Å². The van der Waals surface area contributed by atoms with Gasteiger partial charge in [-0.25, -0.2) is 4.98 Å². The van der Waals surface area contributed by atoms with Crippen molar-refractivity contribution in [3.63, 3.8) is 0 Å². The molecule has 1 aliphatic carbocycles. The van der Waals surface area contributed by atoms with Gasteiger partial charge in [0.25, 0.3) is 5.78 Å². The van der Waals surface area contributed by atoms with E-state index in [9.17, 15) is 0 Å². The van der Waals surface area contributed by atoms with Crippen molar-refractivity contribution in [2.24, 2.45) is 0 Å². The third-order valence-corrected chi connectivity index (χ3v) is 5.91. The molecule has 5 nitrogen and oxygen atoms in total. The average molecular weight is 404 g/mol. The van der Waals surface area contributed by atoms with Crippen LogP contribution >= 0.6 is 11.6 Å². The molecule has 2 heterocycles. The topological polar surface area (TPSA) is 55.1 Å². The Bertz CT molecular complexity index is 1210. The lowest BCUT2D eigenvalue weighted by molar-refractivity contribution is 0.662. The van der Waals surface area contributed by atoms with Gasteiger partial charge < -0.3 is 5.32 Å². The minimum absolute atomic E-state index is 0.627. The quantitative estimate of drug-likeness (QED) is 0.477. The van der Waals surface area contributed by atoms with Crippen LogP contribution in [0, 0.1) is 13.8 Å². The number of hydrogen-bond donors (Lipinski definition) is 1. The molecule has 0 fully saturated rings. The van der Waals surface area contributed by atoms with Gasteiger partial charge in [0.05, 0.1) is 5.69 Å². The second-order valence-electron chi connectivity index (χ2n) is 7.69. The van der Waals surface area contributed by atoms with Crippen LogP contribution in [-0.2, 0) is 12.8 Å². The highest BCUT2D eigenvalue weighted by molar-refractivity contribution is 6.31. The van der Waals surface area contributed by atoms with Crippen molar-refractivity contribution in [1.29, 1.82) is 0 Å². The summed E-state index contributed by atoms with van der Waals surface area (Å²) in [7, 11) is 0. The standard InChI is InChI=1S/C23H22ClN5/c1-14-7-10-16(11-8-14)21-27-23-26-20-6-4-3-5-18(20)22(29(23)28-21)25-17-12-9-15(2)19(24)13-17/h7-13,25H,3-6H2,1-2H3. The maximum Gasteiger partial charge on any atom is 0.254 e. The van der Waals surface area contributed by atoms with E-state index in [0.29, 0.717) is 11.6 Å². The molecule has 5 rings (SSSR count). The number of nitrogens with zero attached hydrogens (tertiary/aromatic N) is 4. The molecule has 146 valence electrons. The zero-order valence-corrected chi connectivity index (χ0v) is 17.3. The summed E-state index contributed by atoms with van der Waals surface area (Å²) in [5.41, 5.74) is 6.54. The third-order valence-electron chi connectivity index (χ3n) is 5.51. The van der Waals surface area contributed by atoms with E-state index in [1.54, 1.807) is 0 Å². The van der Waals surface area contributed by atoms with Gasteiger partial charge in [0.2, 0.25) is 0 Å². The Hall–Kier alpha value is -2.92. The molecule has 4 aromatic rings. The van der Waals surface area contributed by atoms with Crippen molar-refractivity contribution < 1.29 is 0 Å². The summed E-state index contributed by atoms with van der Waals surface area (Å²) < 4.78 is 1.84. The van der Waals surface area contributed by atoms with E-state index in [1.807, 2.05) is 29.6 Å². The molecule has 0 unspecified atom stereocenters. The van der Waals surface area contributed by atoms with Crippen molar-refractivity contribution in [1.82, 2.24) is 19.6 Å². The summed E-state index contributed by atoms with van der Waals surface area (Å²) in [6.45, 7) is 4.08. The van der Waals surface area contributed by atoms with E-state index in [1.165, 1.54) is 11.1 Å². The Balaban J connectivity index is 1.67. The molecule has 0 radical (unpaired) electrons. The molecule has 0 saturated heterocycles. The highest BCUT2D eigenvalue weighted by Crippen LogP contribution is 2.31. The fourth-order valence-corrected chi connectivity index (χ4v) is 3.98. The van der Waals surface area contributed by atoms with Gasteiger partial charge in [-0.15, -0.1) is 5.10 Å². The summed E-state index contributed by atoms with van der Waals surface area (Å²) in [4.78, 5) is 9.57. The van der Waals surface area contributed by atoms with E-state index in [2.05, 4.69) is 36.5 Å². The van der Waals surface area contributed by atoms with Gasteiger partial charge >= 0.3 is 0 Å². The minimum atomic E-state index is 0.627. The lowest BCUT2D eigenvalue weighted by Crippen LogP contribution is -2.13. The summed E-state index contributed by atoms with van der Waals surface area (Å²) in [6, 6.07) is 14.3. The number of benzene rings is 2. The lowest BCUT2D eigenvalue weighted by Gasteiger charge is -2.20. The Morgan fingerprint density at radius 2 is 1.76 bits per heavy atom. The van der Waals surface area contributed by atoms with Gasteiger partial charge in [-0.05, 0) is 57.2 Å². The normalized spacial score (nSPS) is 13.5. The number of nitrogens with one attached hydrogen (secondary N) is 1. The largest absolute Gasteiger partial charge is 0.340 e. The number of halogens is 1. The molecule has 1 aliphatic rings. The van der Waals surface area contributed by atoms with Crippen molar-refractivity contribution in [3.05, 3.63) is 69.9 Å². The first-order chi connectivity index (χ1) is 14.1. The predicted molar refractivity (Wildman–Crippen MR) is 117 cm³/mol. The summed E-state index contributed by atoms with van der Waals surface area (Å²) in [6.07, 6.45) is 4.27. The van der Waals surface area contributed by atoms with Crippen molar-refractivity contribution in [2.75, 3.05) is 5.32 Å². The van der Waals surface area contributed by atoms with Crippen LogP contribution in [0.15, 0.2) is 42.5 Å². The molecule has 0 atom stereocenters. The fourth-order valence-electron chi connectivity index (χ4n) is 3.80. The SMILES string of the molecule is Cc1ccc(-c2nc3nc4c(c(Nc5ccc(C)c(Cl)c5)n3n2)CCCC4)cc1. The fraction of sp³-hybridized carbons (Fsp3) is 0.261. The number of anilines is 2. The molecule has 1 N–H and O–H groups in total. The molecule has 0 bridgehead atoms. The van der Waals surface area contributed by atoms with Gasteiger partial charge in [0.15, 0.2) is 5.82 Å². The van der Waals surface area contributed by atoms with Crippen LogP contribution in [0.2, 0.25) is 5.02 Å². The molecule has 0 saturated carbocycles. The zero-order valence-electron chi connectivity index (χ0n) is 16.5. The van der Waals surface area contributed by atoms with Crippen LogP contribution in [0.5, 0.6) is 0 Å². The summed E-state index contributed by atoms with van der Waals surface area (Å²) in [5, 5.41) is 9.10. The Labute approximate surface area is 174 Å². The Kier molecular flexibility index (Phi) is 4.47. The highest BCUT2D eigenvalue weighted by atomic mass is 35.5. The number of hydrogen-bond acceptors (Lipinski definition) is 4. The van der Waals surface area contributed by atoms with Gasteiger partial charge in [-0.3, -0.25) is 0 Å². The van der Waals surface area contributed by atoms with E-state index < -0.39 is 0 Å². The Morgan fingerprint density at radius 1 is 0.966 bits per heavy atom. The number of aryl methyl sites for hydroxylation is 3. The van der Waals surface area contributed by atoms with E-state index in [4.69, 9.17) is 26.7 Å². The van der Waals surface area contributed by atoms with Crippen LogP contribution in [0.25, 0.3) is 17.2 Å². The first-order valence-corrected chi connectivity index (χ1v) is 10.3. The van der Waals surface area contributed by atoms with E-state index in [0.717, 1.165) is 59.0 Å². The third kappa shape index (κ3) is 3.36. The molecule has 0 amide bonds. The van der Waals surface area contributed by atoms with Crippen LogP contribution in [0.1, 0.15) is 35.2 Å². The second kappa shape index (κ2) is 7.16. The van der Waals surface area contributed by atoms with Crippen molar-refractivity contribution >= 4 is 28.9 Å². The number of rotatable bonds is 3. The maximum absolute atomic E-state index is 6.35. The maximum atomic E-state index is 6.35. The van der Waals surface area contributed by atoms with E-state index >= 15 is 0 Å². The first kappa shape index (κ1) is 18.1. The van der Waals surface area contributed by atoms with Gasteiger partial charge in [0.1, 0.15) is 5.82 Å². The van der Waals surface area contributed by atoms with Crippen LogP contribution < -0.4 is 5.32 Å². The monoisotopic (exact) mass is 403 g/mol. The first-order valence-electron chi connectivity index (χ1n) is 9.97. The van der Waals surface area contributed by atoms with Gasteiger partial charge in [-0.2, -0.15) is 9.50 Å². The molecule has 6 heteroatoms. The molecule has 0 aliphatic heterocycles. The molecule has 2 aromatic carbocycles. The average Bonchev–Trinajstić information content (AvgIpc) is 3.15. The molecule has 2 aromatic heterocycles. The van der Waals surface area contributed by atoms with Crippen LogP contribution in [0.3, 0.4) is 0 Å². The number of aromatic nitrogens is 4. The molecule has 0 spiro atoms. The van der Waals surface area contributed by atoms with Crippen molar-refractivity contribution in [3.8, 4) is 11.4 Å². The molecular formula is C23H22ClN5. The van der Waals surface area contributed by atoms with Gasteiger partial charge in [0, 0.05) is 21.8 Å². The van der Waals surface area contributed by atoms with Gasteiger partial charge in [-0.1, -0.05) is 47.5 Å². The highest BCUT2D eigenvalue weighted by Gasteiger charge is 2.21. The Morgan fingerprint density at radius 3 is 2.55 bits per heavy atom. The minimum Gasteiger partial charge on any atom is -0.340 e.